The second-order valence-electron chi connectivity index (χ2n) is 4.81. The maximum atomic E-state index is 12.7. The number of benzene rings is 1. The van der Waals surface area contributed by atoms with E-state index in [1.54, 1.807) is 0 Å². The molecule has 1 aliphatic heterocycles. The summed E-state index contributed by atoms with van der Waals surface area (Å²) in [5.74, 6) is 0.145. The minimum Gasteiger partial charge on any atom is -0.491 e. The van der Waals surface area contributed by atoms with Gasteiger partial charge in [-0.25, -0.2) is 4.39 Å². The fourth-order valence-corrected chi connectivity index (χ4v) is 2.03. The maximum absolute atomic E-state index is 12.7. The molecule has 1 aromatic carbocycles. The molecule has 6 heteroatoms. The van der Waals surface area contributed by atoms with Crippen molar-refractivity contribution in [2.45, 2.75) is 25.0 Å². The molecule has 5 nitrogen and oxygen atoms in total. The predicted octanol–water partition coefficient (Wildman–Crippen LogP) is 0.434. The summed E-state index contributed by atoms with van der Waals surface area (Å²) in [5.41, 5.74) is 0. The van der Waals surface area contributed by atoms with Crippen molar-refractivity contribution < 1.29 is 19.0 Å². The lowest BCUT2D eigenvalue weighted by molar-refractivity contribution is -0.124. The van der Waals surface area contributed by atoms with Crippen LogP contribution in [0.4, 0.5) is 4.39 Å². The van der Waals surface area contributed by atoms with Gasteiger partial charge < -0.3 is 20.5 Å². The summed E-state index contributed by atoms with van der Waals surface area (Å²) < 4.78 is 18.0. The molecule has 1 aromatic rings. The summed E-state index contributed by atoms with van der Waals surface area (Å²) in [5, 5.41) is 15.6. The number of hydrogen-bond donors (Lipinski definition) is 3. The molecule has 1 heterocycles. The van der Waals surface area contributed by atoms with E-state index in [9.17, 15) is 14.3 Å². The van der Waals surface area contributed by atoms with Crippen LogP contribution in [-0.4, -0.2) is 42.9 Å². The standard InChI is InChI=1S/C14H19FN2O3/c15-10-3-5-12(6-4-10)20-9-11(18)8-17-13-2-1-7-16-14(13)19/h3-6,11,13,17-18H,1-2,7-9H2,(H,16,19). The first-order valence-electron chi connectivity index (χ1n) is 6.72. The Bertz CT molecular complexity index is 439. The first-order valence-corrected chi connectivity index (χ1v) is 6.72. The number of nitrogens with one attached hydrogen (secondary N) is 2. The second kappa shape index (κ2) is 7.21. The molecule has 110 valence electrons. The topological polar surface area (TPSA) is 70.6 Å². The number of hydrogen-bond acceptors (Lipinski definition) is 4. The Morgan fingerprint density at radius 2 is 2.20 bits per heavy atom. The van der Waals surface area contributed by atoms with Crippen LogP contribution in [0.3, 0.4) is 0 Å². The van der Waals surface area contributed by atoms with Gasteiger partial charge in [0.25, 0.3) is 0 Å². The van der Waals surface area contributed by atoms with Crippen LogP contribution in [-0.2, 0) is 4.79 Å². The number of rotatable bonds is 6. The molecule has 1 amide bonds. The Balaban J connectivity index is 1.68. The lowest BCUT2D eigenvalue weighted by Gasteiger charge is -2.24. The van der Waals surface area contributed by atoms with Crippen molar-refractivity contribution in [3.63, 3.8) is 0 Å². The van der Waals surface area contributed by atoms with Gasteiger partial charge in [-0.3, -0.25) is 4.79 Å². The van der Waals surface area contributed by atoms with Crippen LogP contribution in [0.5, 0.6) is 5.75 Å². The molecule has 1 aliphatic rings. The number of halogens is 1. The normalized spacial score (nSPS) is 20.3. The van der Waals surface area contributed by atoms with Crippen molar-refractivity contribution in [3.8, 4) is 5.75 Å². The number of aliphatic hydroxyl groups excluding tert-OH is 1. The van der Waals surface area contributed by atoms with Gasteiger partial charge in [-0.1, -0.05) is 0 Å². The van der Waals surface area contributed by atoms with Crippen LogP contribution in [0, 0.1) is 5.82 Å². The van der Waals surface area contributed by atoms with Gasteiger partial charge in [-0.2, -0.15) is 0 Å². The van der Waals surface area contributed by atoms with E-state index in [4.69, 9.17) is 4.74 Å². The van der Waals surface area contributed by atoms with E-state index in [0.29, 0.717) is 12.3 Å². The van der Waals surface area contributed by atoms with Crippen molar-refractivity contribution >= 4 is 5.91 Å². The third-order valence-corrected chi connectivity index (χ3v) is 3.14. The Labute approximate surface area is 117 Å². The van der Waals surface area contributed by atoms with Crippen molar-refractivity contribution in [1.82, 2.24) is 10.6 Å². The number of amides is 1. The van der Waals surface area contributed by atoms with E-state index in [1.807, 2.05) is 0 Å². The van der Waals surface area contributed by atoms with Crippen LogP contribution >= 0.6 is 0 Å². The monoisotopic (exact) mass is 282 g/mol. The smallest absolute Gasteiger partial charge is 0.237 e. The Morgan fingerprint density at radius 1 is 1.45 bits per heavy atom. The van der Waals surface area contributed by atoms with Gasteiger partial charge in [0.15, 0.2) is 0 Å². The summed E-state index contributed by atoms with van der Waals surface area (Å²) in [4.78, 5) is 11.5. The first kappa shape index (κ1) is 14.7. The molecule has 0 aliphatic carbocycles. The van der Waals surface area contributed by atoms with Gasteiger partial charge in [0.1, 0.15) is 24.3 Å². The molecule has 1 fully saturated rings. The van der Waals surface area contributed by atoms with Crippen LogP contribution in [0.15, 0.2) is 24.3 Å². The highest BCUT2D eigenvalue weighted by Crippen LogP contribution is 2.11. The van der Waals surface area contributed by atoms with Crippen LogP contribution in [0.1, 0.15) is 12.8 Å². The molecule has 0 saturated carbocycles. The number of aliphatic hydroxyl groups is 1. The molecular weight excluding hydrogens is 263 g/mol. The summed E-state index contributed by atoms with van der Waals surface area (Å²) in [7, 11) is 0. The summed E-state index contributed by atoms with van der Waals surface area (Å²) in [6.07, 6.45) is 0.984. The minimum atomic E-state index is -0.727. The number of carbonyl (C=O) groups excluding carboxylic acids is 1. The van der Waals surface area contributed by atoms with Crippen LogP contribution < -0.4 is 15.4 Å². The molecule has 0 spiro atoms. The van der Waals surface area contributed by atoms with Gasteiger partial charge in [0.05, 0.1) is 6.04 Å². The van der Waals surface area contributed by atoms with Crippen molar-refractivity contribution in [1.29, 1.82) is 0 Å². The molecular formula is C14H19FN2O3. The van der Waals surface area contributed by atoms with E-state index in [2.05, 4.69) is 10.6 Å². The average Bonchev–Trinajstić information content (AvgIpc) is 2.46. The number of carbonyl (C=O) groups is 1. The predicted molar refractivity (Wildman–Crippen MR) is 71.9 cm³/mol. The molecule has 2 atom stereocenters. The van der Waals surface area contributed by atoms with Gasteiger partial charge in [0, 0.05) is 13.1 Å². The van der Waals surface area contributed by atoms with Crippen LogP contribution in [0.2, 0.25) is 0 Å². The van der Waals surface area contributed by atoms with Gasteiger partial charge in [-0.05, 0) is 37.1 Å². The van der Waals surface area contributed by atoms with E-state index < -0.39 is 6.10 Å². The van der Waals surface area contributed by atoms with Crippen molar-refractivity contribution in [3.05, 3.63) is 30.1 Å². The minimum absolute atomic E-state index is 0.0251. The molecule has 0 radical (unpaired) electrons. The lowest BCUT2D eigenvalue weighted by Crippen LogP contribution is -2.50. The molecule has 2 rings (SSSR count). The average molecular weight is 282 g/mol. The zero-order valence-corrected chi connectivity index (χ0v) is 11.1. The fourth-order valence-electron chi connectivity index (χ4n) is 2.03. The third kappa shape index (κ3) is 4.47. The number of ether oxygens (including phenoxy) is 1. The maximum Gasteiger partial charge on any atom is 0.237 e. The highest BCUT2D eigenvalue weighted by molar-refractivity contribution is 5.82. The summed E-state index contributed by atoms with van der Waals surface area (Å²) in [6.45, 7) is 1.08. The SMILES string of the molecule is O=C1NCCCC1NCC(O)COc1ccc(F)cc1. The molecule has 3 N–H and O–H groups in total. The summed E-state index contributed by atoms with van der Waals surface area (Å²) >= 11 is 0. The van der Waals surface area contributed by atoms with Gasteiger partial charge in [0.2, 0.25) is 5.91 Å². The van der Waals surface area contributed by atoms with E-state index in [0.717, 1.165) is 12.8 Å². The quantitative estimate of drug-likeness (QED) is 0.708. The zero-order chi connectivity index (χ0) is 14.4. The molecule has 0 bridgehead atoms. The van der Waals surface area contributed by atoms with E-state index in [1.165, 1.54) is 24.3 Å². The second-order valence-corrected chi connectivity index (χ2v) is 4.81. The first-order chi connectivity index (χ1) is 9.65. The molecule has 2 unspecified atom stereocenters. The van der Waals surface area contributed by atoms with E-state index >= 15 is 0 Å². The molecule has 1 saturated heterocycles. The third-order valence-electron chi connectivity index (χ3n) is 3.14. The summed E-state index contributed by atoms with van der Waals surface area (Å²) in [6, 6.07) is 5.36. The highest BCUT2D eigenvalue weighted by atomic mass is 19.1. The Hall–Kier alpha value is -1.66. The van der Waals surface area contributed by atoms with Crippen molar-refractivity contribution in [2.75, 3.05) is 19.7 Å². The molecule has 0 aromatic heterocycles. The molecule has 20 heavy (non-hydrogen) atoms. The Kier molecular flexibility index (Phi) is 5.31. The van der Waals surface area contributed by atoms with Crippen LogP contribution in [0.25, 0.3) is 0 Å². The van der Waals surface area contributed by atoms with Crippen molar-refractivity contribution in [2.24, 2.45) is 0 Å². The lowest BCUT2D eigenvalue weighted by atomic mass is 10.1. The largest absolute Gasteiger partial charge is 0.491 e. The van der Waals surface area contributed by atoms with Gasteiger partial charge >= 0.3 is 0 Å². The highest BCUT2D eigenvalue weighted by Gasteiger charge is 2.21. The fraction of sp³-hybridized carbons (Fsp3) is 0.500. The zero-order valence-electron chi connectivity index (χ0n) is 11.1. The number of piperidine rings is 1. The van der Waals surface area contributed by atoms with E-state index in [-0.39, 0.29) is 30.9 Å². The Morgan fingerprint density at radius 3 is 2.90 bits per heavy atom. The van der Waals surface area contributed by atoms with Gasteiger partial charge in [-0.15, -0.1) is 0 Å².